The Kier molecular flexibility index (Phi) is 5.67. The normalized spacial score (nSPS) is 18.2. The molecule has 0 saturated carbocycles. The third-order valence-electron chi connectivity index (χ3n) is 3.92. The van der Waals surface area contributed by atoms with Crippen molar-refractivity contribution in [1.29, 1.82) is 0 Å². The van der Waals surface area contributed by atoms with Gasteiger partial charge in [-0.25, -0.2) is 0 Å². The first-order valence-corrected chi connectivity index (χ1v) is 7.44. The molecule has 1 atom stereocenters. The summed E-state index contributed by atoms with van der Waals surface area (Å²) in [6.45, 7) is 6.71. The van der Waals surface area contributed by atoms with Gasteiger partial charge in [-0.1, -0.05) is 38.0 Å². The number of para-hydroxylation sites is 1. The Hall–Kier alpha value is -1.06. The number of hydrogen-bond donors (Lipinski definition) is 1. The minimum atomic E-state index is 0.498. The summed E-state index contributed by atoms with van der Waals surface area (Å²) in [6.07, 6.45) is 3.74. The van der Waals surface area contributed by atoms with Crippen LogP contribution in [0.4, 0.5) is 0 Å². The van der Waals surface area contributed by atoms with Crippen LogP contribution in [0.5, 0.6) is 5.75 Å². The molecule has 1 fully saturated rings. The Bertz CT molecular complexity index is 375. The minimum absolute atomic E-state index is 0.498. The van der Waals surface area contributed by atoms with E-state index < -0.39 is 0 Å². The SMILES string of the molecule is CCCC[C@H](c1ccccc1OC)N1CCNCC1. The fraction of sp³-hybridized carbons (Fsp3) is 0.625. The summed E-state index contributed by atoms with van der Waals surface area (Å²) in [4.78, 5) is 2.60. The van der Waals surface area contributed by atoms with Crippen LogP contribution >= 0.6 is 0 Å². The molecule has 0 spiro atoms. The summed E-state index contributed by atoms with van der Waals surface area (Å²) < 4.78 is 5.55. The molecule has 19 heavy (non-hydrogen) atoms. The molecule has 0 bridgehead atoms. The van der Waals surface area contributed by atoms with Crippen LogP contribution in [0, 0.1) is 0 Å². The maximum Gasteiger partial charge on any atom is 0.123 e. The molecule has 1 heterocycles. The van der Waals surface area contributed by atoms with E-state index in [9.17, 15) is 0 Å². The van der Waals surface area contributed by atoms with E-state index in [0.29, 0.717) is 6.04 Å². The Morgan fingerprint density at radius 1 is 1.26 bits per heavy atom. The highest BCUT2D eigenvalue weighted by Crippen LogP contribution is 2.33. The number of methoxy groups -OCH3 is 1. The second-order valence-electron chi connectivity index (χ2n) is 5.19. The van der Waals surface area contributed by atoms with Crippen LogP contribution < -0.4 is 10.1 Å². The summed E-state index contributed by atoms with van der Waals surface area (Å²) >= 11 is 0. The molecule has 1 aromatic carbocycles. The molecule has 1 saturated heterocycles. The van der Waals surface area contributed by atoms with Gasteiger partial charge in [-0.3, -0.25) is 4.90 Å². The molecule has 1 N–H and O–H groups in total. The first-order chi connectivity index (χ1) is 9.36. The van der Waals surface area contributed by atoms with E-state index in [2.05, 4.69) is 41.4 Å². The zero-order chi connectivity index (χ0) is 13.5. The van der Waals surface area contributed by atoms with Gasteiger partial charge in [0.15, 0.2) is 0 Å². The van der Waals surface area contributed by atoms with E-state index in [-0.39, 0.29) is 0 Å². The average molecular weight is 262 g/mol. The molecule has 1 aliphatic rings. The van der Waals surface area contributed by atoms with Gasteiger partial charge < -0.3 is 10.1 Å². The van der Waals surface area contributed by atoms with Gasteiger partial charge in [0.05, 0.1) is 7.11 Å². The fourth-order valence-corrected chi connectivity index (χ4v) is 2.87. The molecule has 106 valence electrons. The fourth-order valence-electron chi connectivity index (χ4n) is 2.87. The molecular formula is C16H26N2O. The highest BCUT2D eigenvalue weighted by molar-refractivity contribution is 5.36. The van der Waals surface area contributed by atoms with Crippen molar-refractivity contribution in [2.45, 2.75) is 32.2 Å². The summed E-state index contributed by atoms with van der Waals surface area (Å²) in [5.74, 6) is 1.03. The molecule has 1 aliphatic heterocycles. The first kappa shape index (κ1) is 14.4. The van der Waals surface area contributed by atoms with Crippen LogP contribution in [0.1, 0.15) is 37.8 Å². The number of nitrogens with one attached hydrogen (secondary N) is 1. The van der Waals surface area contributed by atoms with Crippen LogP contribution in [0.25, 0.3) is 0 Å². The maximum absolute atomic E-state index is 5.55. The lowest BCUT2D eigenvalue weighted by atomic mass is 9.98. The van der Waals surface area contributed by atoms with Crippen molar-refractivity contribution in [1.82, 2.24) is 10.2 Å². The summed E-state index contributed by atoms with van der Waals surface area (Å²) in [6, 6.07) is 8.98. The third kappa shape index (κ3) is 3.71. The van der Waals surface area contributed by atoms with Crippen molar-refractivity contribution in [3.8, 4) is 5.75 Å². The Morgan fingerprint density at radius 2 is 2.00 bits per heavy atom. The lowest BCUT2D eigenvalue weighted by Gasteiger charge is -2.36. The Morgan fingerprint density at radius 3 is 2.68 bits per heavy atom. The highest BCUT2D eigenvalue weighted by atomic mass is 16.5. The molecule has 0 radical (unpaired) electrons. The third-order valence-corrected chi connectivity index (χ3v) is 3.92. The van der Waals surface area contributed by atoms with Crippen molar-refractivity contribution in [3.63, 3.8) is 0 Å². The van der Waals surface area contributed by atoms with Crippen LogP contribution in [0.3, 0.4) is 0 Å². The van der Waals surface area contributed by atoms with Crippen LogP contribution in [-0.4, -0.2) is 38.2 Å². The number of nitrogens with zero attached hydrogens (tertiary/aromatic N) is 1. The Labute approximate surface area is 116 Å². The van der Waals surface area contributed by atoms with Crippen LogP contribution in [0.15, 0.2) is 24.3 Å². The summed E-state index contributed by atoms with van der Waals surface area (Å²) in [7, 11) is 1.77. The molecular weight excluding hydrogens is 236 g/mol. The number of hydrogen-bond acceptors (Lipinski definition) is 3. The summed E-state index contributed by atoms with van der Waals surface area (Å²) in [5, 5.41) is 3.43. The van der Waals surface area contributed by atoms with Gasteiger partial charge in [0, 0.05) is 37.8 Å². The van der Waals surface area contributed by atoms with Gasteiger partial charge in [-0.05, 0) is 12.5 Å². The van der Waals surface area contributed by atoms with Gasteiger partial charge in [-0.15, -0.1) is 0 Å². The van der Waals surface area contributed by atoms with E-state index in [1.165, 1.54) is 24.8 Å². The van der Waals surface area contributed by atoms with Crippen molar-refractivity contribution < 1.29 is 4.74 Å². The van der Waals surface area contributed by atoms with E-state index >= 15 is 0 Å². The molecule has 1 aromatic rings. The second kappa shape index (κ2) is 7.51. The largest absolute Gasteiger partial charge is 0.496 e. The van der Waals surface area contributed by atoms with E-state index in [1.807, 2.05) is 0 Å². The highest BCUT2D eigenvalue weighted by Gasteiger charge is 2.23. The molecule has 3 heteroatoms. The van der Waals surface area contributed by atoms with Crippen molar-refractivity contribution >= 4 is 0 Å². The molecule has 0 amide bonds. The average Bonchev–Trinajstić information content (AvgIpc) is 2.49. The minimum Gasteiger partial charge on any atom is -0.496 e. The molecule has 3 nitrogen and oxygen atoms in total. The lowest BCUT2D eigenvalue weighted by molar-refractivity contribution is 0.160. The number of unbranched alkanes of at least 4 members (excludes halogenated alkanes) is 1. The lowest BCUT2D eigenvalue weighted by Crippen LogP contribution is -2.45. The van der Waals surface area contributed by atoms with E-state index in [1.54, 1.807) is 7.11 Å². The summed E-state index contributed by atoms with van der Waals surface area (Å²) in [5.41, 5.74) is 1.35. The smallest absolute Gasteiger partial charge is 0.123 e. The van der Waals surface area contributed by atoms with E-state index in [0.717, 1.165) is 31.9 Å². The van der Waals surface area contributed by atoms with Gasteiger partial charge in [0.1, 0.15) is 5.75 Å². The number of benzene rings is 1. The molecule has 0 aliphatic carbocycles. The predicted molar refractivity (Wildman–Crippen MR) is 79.7 cm³/mol. The van der Waals surface area contributed by atoms with Crippen molar-refractivity contribution in [2.24, 2.45) is 0 Å². The monoisotopic (exact) mass is 262 g/mol. The zero-order valence-electron chi connectivity index (χ0n) is 12.2. The number of piperazine rings is 1. The number of rotatable bonds is 6. The first-order valence-electron chi connectivity index (χ1n) is 7.44. The number of ether oxygens (including phenoxy) is 1. The van der Waals surface area contributed by atoms with Gasteiger partial charge >= 0.3 is 0 Å². The standard InChI is InChI=1S/C16H26N2O/c1-3-4-8-15(18-12-10-17-11-13-18)14-7-5-6-9-16(14)19-2/h5-7,9,15,17H,3-4,8,10-13H2,1-2H3/t15-/m1/s1. The van der Waals surface area contributed by atoms with Gasteiger partial charge in [0.2, 0.25) is 0 Å². The molecule has 0 unspecified atom stereocenters. The van der Waals surface area contributed by atoms with E-state index in [4.69, 9.17) is 4.74 Å². The quantitative estimate of drug-likeness (QED) is 0.853. The zero-order valence-corrected chi connectivity index (χ0v) is 12.2. The second-order valence-corrected chi connectivity index (χ2v) is 5.19. The predicted octanol–water partition coefficient (Wildman–Crippen LogP) is 2.83. The molecule has 2 rings (SSSR count). The van der Waals surface area contributed by atoms with Gasteiger partial charge in [0.25, 0.3) is 0 Å². The van der Waals surface area contributed by atoms with Crippen LogP contribution in [0.2, 0.25) is 0 Å². The van der Waals surface area contributed by atoms with Gasteiger partial charge in [-0.2, -0.15) is 0 Å². The van der Waals surface area contributed by atoms with Crippen molar-refractivity contribution in [2.75, 3.05) is 33.3 Å². The van der Waals surface area contributed by atoms with Crippen molar-refractivity contribution in [3.05, 3.63) is 29.8 Å². The maximum atomic E-state index is 5.55. The molecule has 0 aromatic heterocycles. The van der Waals surface area contributed by atoms with Crippen LogP contribution in [-0.2, 0) is 0 Å². The Balaban J connectivity index is 2.19. The topological polar surface area (TPSA) is 24.5 Å².